The summed E-state index contributed by atoms with van der Waals surface area (Å²) in [5, 5.41) is 17.6. The molecule has 1 aliphatic heterocycles. The van der Waals surface area contributed by atoms with Crippen molar-refractivity contribution in [3.05, 3.63) is 35.8 Å². The Labute approximate surface area is 109 Å². The van der Waals surface area contributed by atoms with Gasteiger partial charge >= 0.3 is 0 Å². The fraction of sp³-hybridized carbons (Fsp3) is 0.250. The van der Waals surface area contributed by atoms with Crippen LogP contribution in [0.15, 0.2) is 29.6 Å². The second-order valence-electron chi connectivity index (χ2n) is 4.36. The Kier molecular flexibility index (Phi) is 2.59. The van der Waals surface area contributed by atoms with Gasteiger partial charge in [0.1, 0.15) is 0 Å². The summed E-state index contributed by atoms with van der Waals surface area (Å²) in [7, 11) is 1.82. The highest BCUT2D eigenvalue weighted by Crippen LogP contribution is 2.20. The van der Waals surface area contributed by atoms with E-state index in [1.165, 1.54) is 5.01 Å². The summed E-state index contributed by atoms with van der Waals surface area (Å²) in [5.41, 5.74) is 2.34. The third-order valence-electron chi connectivity index (χ3n) is 2.81. The van der Waals surface area contributed by atoms with Crippen molar-refractivity contribution in [1.82, 2.24) is 20.0 Å². The van der Waals surface area contributed by atoms with E-state index < -0.39 is 0 Å². The molecule has 0 spiro atoms. The number of hydrogen-bond donors (Lipinski definition) is 0. The van der Waals surface area contributed by atoms with Crippen LogP contribution in [0.3, 0.4) is 0 Å². The van der Waals surface area contributed by atoms with E-state index in [1.807, 2.05) is 20.2 Å². The minimum Gasteiger partial charge on any atom is -0.275 e. The summed E-state index contributed by atoms with van der Waals surface area (Å²) in [5.74, 6) is 0.325. The van der Waals surface area contributed by atoms with Gasteiger partial charge in [-0.1, -0.05) is 0 Å². The Morgan fingerprint density at radius 3 is 2.74 bits per heavy atom. The van der Waals surface area contributed by atoms with E-state index in [0.29, 0.717) is 11.5 Å². The van der Waals surface area contributed by atoms with Gasteiger partial charge in [-0.2, -0.15) is 20.3 Å². The van der Waals surface area contributed by atoms with Crippen molar-refractivity contribution in [2.75, 3.05) is 5.01 Å². The standard InChI is InChI=1S/C12H12N6O/c1-8-3-4-11(15-14-8)18-12(19)5-10(16-18)9-6-13-17(2)7-9/h3-4,6-7H,5H2,1-2H3. The monoisotopic (exact) mass is 256 g/mol. The van der Waals surface area contributed by atoms with E-state index in [2.05, 4.69) is 20.4 Å². The van der Waals surface area contributed by atoms with Crippen LogP contribution in [0.25, 0.3) is 0 Å². The maximum absolute atomic E-state index is 12.0. The molecule has 3 heterocycles. The van der Waals surface area contributed by atoms with Crippen molar-refractivity contribution in [1.29, 1.82) is 0 Å². The lowest BCUT2D eigenvalue weighted by Gasteiger charge is -2.08. The maximum Gasteiger partial charge on any atom is 0.255 e. The van der Waals surface area contributed by atoms with Gasteiger partial charge in [-0.25, -0.2) is 0 Å². The smallest absolute Gasteiger partial charge is 0.255 e. The Hall–Kier alpha value is -2.57. The van der Waals surface area contributed by atoms with E-state index in [4.69, 9.17) is 0 Å². The van der Waals surface area contributed by atoms with Crippen molar-refractivity contribution in [2.45, 2.75) is 13.3 Å². The van der Waals surface area contributed by atoms with Gasteiger partial charge in [0, 0.05) is 18.8 Å². The Balaban J connectivity index is 1.93. The Morgan fingerprint density at radius 1 is 1.26 bits per heavy atom. The number of aromatic nitrogens is 4. The number of hydrogen-bond acceptors (Lipinski definition) is 5. The number of anilines is 1. The predicted molar refractivity (Wildman–Crippen MR) is 68.6 cm³/mol. The molecule has 3 rings (SSSR count). The lowest BCUT2D eigenvalue weighted by Crippen LogP contribution is -2.21. The molecule has 96 valence electrons. The maximum atomic E-state index is 12.0. The highest BCUT2D eigenvalue weighted by Gasteiger charge is 2.27. The number of nitrogens with zero attached hydrogens (tertiary/aromatic N) is 6. The first-order chi connectivity index (χ1) is 9.13. The Bertz CT molecular complexity index is 657. The summed E-state index contributed by atoms with van der Waals surface area (Å²) < 4.78 is 1.68. The van der Waals surface area contributed by atoms with Crippen LogP contribution in [-0.2, 0) is 11.8 Å². The first-order valence-electron chi connectivity index (χ1n) is 5.83. The van der Waals surface area contributed by atoms with Crippen LogP contribution in [0, 0.1) is 6.92 Å². The molecular formula is C12H12N6O. The van der Waals surface area contributed by atoms with Crippen molar-refractivity contribution < 1.29 is 4.79 Å². The summed E-state index contributed by atoms with van der Waals surface area (Å²) >= 11 is 0. The van der Waals surface area contributed by atoms with Gasteiger partial charge in [-0.3, -0.25) is 9.48 Å². The molecule has 0 saturated carbocycles. The molecule has 0 radical (unpaired) electrons. The van der Waals surface area contributed by atoms with Gasteiger partial charge in [-0.05, 0) is 19.1 Å². The quantitative estimate of drug-likeness (QED) is 0.791. The van der Waals surface area contributed by atoms with Crippen molar-refractivity contribution in [3.63, 3.8) is 0 Å². The molecule has 2 aromatic rings. The van der Waals surface area contributed by atoms with Gasteiger partial charge in [-0.15, -0.1) is 5.10 Å². The lowest BCUT2D eigenvalue weighted by molar-refractivity contribution is -0.116. The predicted octanol–water partition coefficient (Wildman–Crippen LogP) is 0.660. The minimum atomic E-state index is -0.114. The van der Waals surface area contributed by atoms with Crippen LogP contribution < -0.4 is 5.01 Å². The van der Waals surface area contributed by atoms with Crippen LogP contribution in [0.5, 0.6) is 0 Å². The number of aryl methyl sites for hydroxylation is 2. The largest absolute Gasteiger partial charge is 0.275 e. The number of rotatable bonds is 2. The molecule has 1 aliphatic rings. The van der Waals surface area contributed by atoms with Crippen LogP contribution in [-0.4, -0.2) is 31.6 Å². The van der Waals surface area contributed by atoms with Crippen LogP contribution in [0.2, 0.25) is 0 Å². The molecule has 2 aromatic heterocycles. The van der Waals surface area contributed by atoms with Crippen LogP contribution in [0.1, 0.15) is 17.7 Å². The lowest BCUT2D eigenvalue weighted by atomic mass is 10.2. The third-order valence-corrected chi connectivity index (χ3v) is 2.81. The fourth-order valence-electron chi connectivity index (χ4n) is 1.84. The number of carbonyl (C=O) groups is 1. The zero-order valence-electron chi connectivity index (χ0n) is 10.6. The number of hydrazone groups is 1. The number of amides is 1. The first-order valence-corrected chi connectivity index (χ1v) is 5.83. The summed E-state index contributed by atoms with van der Waals surface area (Å²) in [4.78, 5) is 12.0. The van der Waals surface area contributed by atoms with E-state index in [9.17, 15) is 4.79 Å². The average Bonchev–Trinajstić information content (AvgIpc) is 2.97. The third kappa shape index (κ3) is 2.10. The van der Waals surface area contributed by atoms with E-state index in [-0.39, 0.29) is 12.3 Å². The van der Waals surface area contributed by atoms with Crippen molar-refractivity contribution in [2.24, 2.45) is 12.1 Å². The molecule has 0 fully saturated rings. The molecule has 1 amide bonds. The summed E-state index contributed by atoms with van der Waals surface area (Å²) in [6, 6.07) is 3.53. The van der Waals surface area contributed by atoms with Crippen LogP contribution >= 0.6 is 0 Å². The van der Waals surface area contributed by atoms with Crippen molar-refractivity contribution in [3.8, 4) is 0 Å². The van der Waals surface area contributed by atoms with Gasteiger partial charge in [0.25, 0.3) is 5.91 Å². The molecule has 0 aliphatic carbocycles. The topological polar surface area (TPSA) is 76.3 Å². The highest BCUT2D eigenvalue weighted by molar-refractivity contribution is 6.18. The zero-order valence-corrected chi connectivity index (χ0v) is 10.6. The van der Waals surface area contributed by atoms with E-state index in [0.717, 1.165) is 11.3 Å². The first kappa shape index (κ1) is 11.5. The molecule has 0 saturated heterocycles. The molecule has 19 heavy (non-hydrogen) atoms. The molecule has 7 heteroatoms. The molecule has 0 N–H and O–H groups in total. The van der Waals surface area contributed by atoms with Gasteiger partial charge in [0.2, 0.25) is 0 Å². The van der Waals surface area contributed by atoms with E-state index >= 15 is 0 Å². The molecule has 0 unspecified atom stereocenters. The molecule has 7 nitrogen and oxygen atoms in total. The van der Waals surface area contributed by atoms with Gasteiger partial charge in [0.15, 0.2) is 5.82 Å². The molecule has 0 atom stereocenters. The number of carbonyl (C=O) groups excluding carboxylic acids is 1. The highest BCUT2D eigenvalue weighted by atomic mass is 16.2. The van der Waals surface area contributed by atoms with Gasteiger partial charge in [0.05, 0.1) is 24.0 Å². The van der Waals surface area contributed by atoms with Gasteiger partial charge < -0.3 is 0 Å². The second-order valence-corrected chi connectivity index (χ2v) is 4.36. The minimum absolute atomic E-state index is 0.114. The summed E-state index contributed by atoms with van der Waals surface area (Å²) in [6.45, 7) is 1.84. The molecule has 0 aromatic carbocycles. The fourth-order valence-corrected chi connectivity index (χ4v) is 1.84. The average molecular weight is 256 g/mol. The summed E-state index contributed by atoms with van der Waals surface area (Å²) in [6.07, 6.45) is 3.77. The van der Waals surface area contributed by atoms with Crippen LogP contribution in [0.4, 0.5) is 5.82 Å². The normalized spacial score (nSPS) is 14.9. The second kappa shape index (κ2) is 4.27. The van der Waals surface area contributed by atoms with Crippen molar-refractivity contribution >= 4 is 17.4 Å². The molecular weight excluding hydrogens is 244 g/mol. The van der Waals surface area contributed by atoms with E-state index in [1.54, 1.807) is 23.0 Å². The zero-order chi connectivity index (χ0) is 13.4. The SMILES string of the molecule is Cc1ccc(N2N=C(c3cnn(C)c3)CC2=O)nn1. The Morgan fingerprint density at radius 2 is 2.11 bits per heavy atom. The molecule has 0 bridgehead atoms.